The molecule has 1 aliphatic heterocycles. The van der Waals surface area contributed by atoms with Gasteiger partial charge in [0, 0.05) is 19.1 Å². The van der Waals surface area contributed by atoms with Crippen LogP contribution >= 0.6 is 0 Å². The molecule has 0 radical (unpaired) electrons. The van der Waals surface area contributed by atoms with Crippen LogP contribution in [0.4, 0.5) is 0 Å². The molecular weight excluding hydrogens is 220 g/mol. The third-order valence-corrected chi connectivity index (χ3v) is 5.46. The van der Waals surface area contributed by atoms with Gasteiger partial charge in [0.2, 0.25) is 0 Å². The minimum atomic E-state index is 0.552. The largest absolute Gasteiger partial charge is 0.252 e. The normalized spacial score (nSPS) is 31.5. The minimum Gasteiger partial charge on any atom is -0.252 e. The number of piperidine rings is 1. The van der Waals surface area contributed by atoms with E-state index in [0.29, 0.717) is 5.41 Å². The van der Waals surface area contributed by atoms with Crippen LogP contribution in [0.3, 0.4) is 0 Å². The Morgan fingerprint density at radius 1 is 1.00 bits per heavy atom. The molecule has 1 aliphatic carbocycles. The van der Waals surface area contributed by atoms with E-state index in [1.807, 2.05) is 0 Å². The number of hydrogen-bond donors (Lipinski definition) is 1. The first-order valence-electron chi connectivity index (χ1n) is 8.13. The molecule has 2 nitrogen and oxygen atoms in total. The molecule has 106 valence electrons. The fraction of sp³-hybridized carbons (Fsp3) is 1.00. The maximum Gasteiger partial charge on any atom is 0.0215 e. The van der Waals surface area contributed by atoms with Crippen molar-refractivity contribution in [1.29, 1.82) is 0 Å². The molecule has 2 heteroatoms. The van der Waals surface area contributed by atoms with Crippen molar-refractivity contribution in [2.24, 2.45) is 11.3 Å². The predicted octanol–water partition coefficient (Wildman–Crippen LogP) is 3.97. The lowest BCUT2D eigenvalue weighted by atomic mass is 9.69. The second-order valence-electron chi connectivity index (χ2n) is 7.07. The molecule has 0 atom stereocenters. The molecule has 1 N–H and O–H groups in total. The molecule has 1 heterocycles. The molecule has 1 saturated heterocycles. The summed E-state index contributed by atoms with van der Waals surface area (Å²) < 4.78 is 0. The van der Waals surface area contributed by atoms with Gasteiger partial charge in [0.1, 0.15) is 0 Å². The summed E-state index contributed by atoms with van der Waals surface area (Å²) in [5.41, 5.74) is 4.33. The van der Waals surface area contributed by atoms with Gasteiger partial charge in [-0.15, -0.1) is 0 Å². The second-order valence-corrected chi connectivity index (χ2v) is 7.07. The van der Waals surface area contributed by atoms with Crippen molar-refractivity contribution >= 4 is 0 Å². The second kappa shape index (κ2) is 6.38. The van der Waals surface area contributed by atoms with Gasteiger partial charge in [0.25, 0.3) is 0 Å². The molecule has 0 aromatic heterocycles. The van der Waals surface area contributed by atoms with E-state index in [2.05, 4.69) is 31.2 Å². The van der Waals surface area contributed by atoms with Crippen molar-refractivity contribution in [1.82, 2.24) is 10.4 Å². The standard InChI is InChI=1S/C16H32N2/c1-4-16(2,3)14-8-10-15(11-9-14)17-18-12-6-5-7-13-18/h14-15,17H,4-13H2,1-3H3. The van der Waals surface area contributed by atoms with Gasteiger partial charge in [-0.25, -0.2) is 5.01 Å². The average molecular weight is 252 g/mol. The van der Waals surface area contributed by atoms with Crippen LogP contribution in [0, 0.1) is 11.3 Å². The van der Waals surface area contributed by atoms with E-state index in [-0.39, 0.29) is 0 Å². The highest BCUT2D eigenvalue weighted by Gasteiger charge is 2.32. The van der Waals surface area contributed by atoms with Crippen LogP contribution in [0.1, 0.15) is 72.1 Å². The molecule has 2 aliphatic rings. The van der Waals surface area contributed by atoms with Crippen molar-refractivity contribution in [3.05, 3.63) is 0 Å². The number of nitrogens with one attached hydrogen (secondary N) is 1. The quantitative estimate of drug-likeness (QED) is 0.814. The Hall–Kier alpha value is -0.0800. The van der Waals surface area contributed by atoms with Crippen LogP contribution in [0.15, 0.2) is 0 Å². The molecule has 1 saturated carbocycles. The lowest BCUT2D eigenvalue weighted by molar-refractivity contribution is 0.0807. The van der Waals surface area contributed by atoms with Crippen LogP contribution in [-0.4, -0.2) is 24.1 Å². The number of nitrogens with zero attached hydrogens (tertiary/aromatic N) is 1. The first kappa shape index (κ1) is 14.3. The van der Waals surface area contributed by atoms with Gasteiger partial charge >= 0.3 is 0 Å². The molecule has 0 aromatic rings. The summed E-state index contributed by atoms with van der Waals surface area (Å²) >= 11 is 0. The summed E-state index contributed by atoms with van der Waals surface area (Å²) in [6.07, 6.45) is 11.1. The zero-order chi connectivity index (χ0) is 13.0. The molecular formula is C16H32N2. The number of hydrogen-bond acceptors (Lipinski definition) is 2. The summed E-state index contributed by atoms with van der Waals surface area (Å²) in [6.45, 7) is 9.78. The van der Waals surface area contributed by atoms with E-state index >= 15 is 0 Å². The van der Waals surface area contributed by atoms with Crippen molar-refractivity contribution in [2.75, 3.05) is 13.1 Å². The maximum absolute atomic E-state index is 3.78. The summed E-state index contributed by atoms with van der Waals surface area (Å²) in [5.74, 6) is 0.946. The van der Waals surface area contributed by atoms with Crippen molar-refractivity contribution in [3.8, 4) is 0 Å². The Morgan fingerprint density at radius 3 is 2.17 bits per heavy atom. The van der Waals surface area contributed by atoms with E-state index in [9.17, 15) is 0 Å². The molecule has 18 heavy (non-hydrogen) atoms. The van der Waals surface area contributed by atoms with Crippen molar-refractivity contribution in [2.45, 2.75) is 78.2 Å². The Balaban J connectivity index is 1.73. The third kappa shape index (κ3) is 3.71. The van der Waals surface area contributed by atoms with Gasteiger partial charge < -0.3 is 0 Å². The molecule has 0 bridgehead atoms. The van der Waals surface area contributed by atoms with Gasteiger partial charge in [0.15, 0.2) is 0 Å². The van der Waals surface area contributed by atoms with Crippen molar-refractivity contribution < 1.29 is 0 Å². The molecule has 0 amide bonds. The zero-order valence-corrected chi connectivity index (χ0v) is 12.7. The number of rotatable bonds is 4. The average Bonchev–Trinajstić information content (AvgIpc) is 2.40. The van der Waals surface area contributed by atoms with Crippen LogP contribution in [0.2, 0.25) is 0 Å². The van der Waals surface area contributed by atoms with E-state index in [1.165, 1.54) is 64.5 Å². The number of hydrazine groups is 1. The monoisotopic (exact) mass is 252 g/mol. The highest BCUT2D eigenvalue weighted by atomic mass is 15.5. The van der Waals surface area contributed by atoms with Gasteiger partial charge in [-0.05, 0) is 49.9 Å². The Labute approximate surface area is 113 Å². The van der Waals surface area contributed by atoms with Gasteiger partial charge in [-0.2, -0.15) is 0 Å². The molecule has 2 fully saturated rings. The summed E-state index contributed by atoms with van der Waals surface area (Å²) in [5, 5.41) is 2.49. The molecule has 2 rings (SSSR count). The maximum atomic E-state index is 3.78. The van der Waals surface area contributed by atoms with E-state index < -0.39 is 0 Å². The lowest BCUT2D eigenvalue weighted by Crippen LogP contribution is -2.48. The fourth-order valence-corrected chi connectivity index (χ4v) is 3.57. The van der Waals surface area contributed by atoms with Crippen LogP contribution < -0.4 is 5.43 Å². The Kier molecular flexibility index (Phi) is 5.08. The van der Waals surface area contributed by atoms with Crippen LogP contribution in [0.25, 0.3) is 0 Å². The first-order valence-corrected chi connectivity index (χ1v) is 8.13. The highest BCUT2D eigenvalue weighted by molar-refractivity contribution is 4.84. The summed E-state index contributed by atoms with van der Waals surface area (Å²) in [6, 6.07) is 0.756. The van der Waals surface area contributed by atoms with Crippen LogP contribution in [-0.2, 0) is 0 Å². The fourth-order valence-electron chi connectivity index (χ4n) is 3.57. The first-order chi connectivity index (χ1) is 8.62. The van der Waals surface area contributed by atoms with Crippen molar-refractivity contribution in [3.63, 3.8) is 0 Å². The molecule has 0 spiro atoms. The summed E-state index contributed by atoms with van der Waals surface area (Å²) in [7, 11) is 0. The van der Waals surface area contributed by atoms with Gasteiger partial charge in [0.05, 0.1) is 0 Å². The van der Waals surface area contributed by atoms with Crippen LogP contribution in [0.5, 0.6) is 0 Å². The summed E-state index contributed by atoms with van der Waals surface area (Å²) in [4.78, 5) is 0. The van der Waals surface area contributed by atoms with E-state index in [4.69, 9.17) is 0 Å². The van der Waals surface area contributed by atoms with Gasteiger partial charge in [-0.3, -0.25) is 5.43 Å². The lowest BCUT2D eigenvalue weighted by Gasteiger charge is -2.41. The highest BCUT2D eigenvalue weighted by Crippen LogP contribution is 2.40. The predicted molar refractivity (Wildman–Crippen MR) is 78.4 cm³/mol. The van der Waals surface area contributed by atoms with Gasteiger partial charge in [-0.1, -0.05) is 33.6 Å². The van der Waals surface area contributed by atoms with E-state index in [0.717, 1.165) is 12.0 Å². The zero-order valence-electron chi connectivity index (χ0n) is 12.7. The third-order valence-electron chi connectivity index (χ3n) is 5.46. The Bertz CT molecular complexity index is 235. The van der Waals surface area contributed by atoms with E-state index in [1.54, 1.807) is 0 Å². The molecule has 0 unspecified atom stereocenters. The smallest absolute Gasteiger partial charge is 0.0215 e. The minimum absolute atomic E-state index is 0.552. The Morgan fingerprint density at radius 2 is 1.61 bits per heavy atom. The molecule has 0 aromatic carbocycles. The topological polar surface area (TPSA) is 15.3 Å². The SMILES string of the molecule is CCC(C)(C)C1CCC(NN2CCCCC2)CC1.